The fourth-order valence-electron chi connectivity index (χ4n) is 8.69. The van der Waals surface area contributed by atoms with Crippen molar-refractivity contribution in [2.45, 2.75) is 225 Å². The molecule has 0 aromatic heterocycles. The zero-order valence-electron chi connectivity index (χ0n) is 34.7. The standard InChI is InChI=1S/C49H87NO/c1-5-8-10-12-14-16-18-20-22-24-26-28-30-32-34-36-40-48(42-43-49(7-3,46-48)51-47-39-38-44-50(4)45-47)41-37-35-33-31-29-27-25-23-21-19-17-15-13-11-9-6-2/h7,14-17,20-23,47H,3,5-6,8-13,18-19,24-46H2,1-2,4H3. The van der Waals surface area contributed by atoms with Crippen molar-refractivity contribution in [2.24, 2.45) is 5.41 Å². The Morgan fingerprint density at radius 2 is 1.04 bits per heavy atom. The largest absolute Gasteiger partial charge is 0.366 e. The summed E-state index contributed by atoms with van der Waals surface area (Å²) >= 11 is 0. The number of allylic oxidation sites excluding steroid dienone is 8. The third-order valence-electron chi connectivity index (χ3n) is 11.9. The molecule has 1 aliphatic carbocycles. The molecule has 2 atom stereocenters. The van der Waals surface area contributed by atoms with Crippen LogP contribution in [0.1, 0.15) is 213 Å². The minimum Gasteiger partial charge on any atom is -0.366 e. The van der Waals surface area contributed by atoms with Gasteiger partial charge >= 0.3 is 0 Å². The molecule has 2 fully saturated rings. The van der Waals surface area contributed by atoms with Crippen molar-refractivity contribution in [1.29, 1.82) is 0 Å². The Hall–Kier alpha value is -1.38. The van der Waals surface area contributed by atoms with Gasteiger partial charge < -0.3 is 9.64 Å². The molecule has 2 unspecified atom stereocenters. The number of rotatable bonds is 33. The lowest BCUT2D eigenvalue weighted by Gasteiger charge is -2.38. The second kappa shape index (κ2) is 31.0. The lowest BCUT2D eigenvalue weighted by Crippen LogP contribution is -2.42. The van der Waals surface area contributed by atoms with Gasteiger partial charge in [0.2, 0.25) is 0 Å². The zero-order chi connectivity index (χ0) is 36.6. The fraction of sp³-hybridized carbons (Fsp3) is 0.796. The van der Waals surface area contributed by atoms with E-state index < -0.39 is 0 Å². The van der Waals surface area contributed by atoms with Crippen LogP contribution in [-0.4, -0.2) is 36.7 Å². The second-order valence-electron chi connectivity index (χ2n) is 16.8. The summed E-state index contributed by atoms with van der Waals surface area (Å²) in [7, 11) is 2.26. The first-order chi connectivity index (χ1) is 25.1. The highest BCUT2D eigenvalue weighted by Gasteiger charge is 2.47. The molecule has 1 saturated heterocycles. The van der Waals surface area contributed by atoms with Crippen molar-refractivity contribution >= 4 is 0 Å². The minimum atomic E-state index is -0.0976. The predicted octanol–water partition coefficient (Wildman–Crippen LogP) is 15.6. The Bertz CT molecular complexity index is 880. The molecular weight excluding hydrogens is 619 g/mol. The molecule has 51 heavy (non-hydrogen) atoms. The normalized spacial score (nSPS) is 23.2. The Morgan fingerprint density at radius 1 is 0.588 bits per heavy atom. The van der Waals surface area contributed by atoms with Gasteiger partial charge in [0.05, 0.1) is 11.7 Å². The van der Waals surface area contributed by atoms with Crippen molar-refractivity contribution in [1.82, 2.24) is 4.90 Å². The molecule has 0 N–H and O–H groups in total. The van der Waals surface area contributed by atoms with E-state index in [9.17, 15) is 0 Å². The van der Waals surface area contributed by atoms with Gasteiger partial charge in [-0.3, -0.25) is 0 Å². The highest BCUT2D eigenvalue weighted by atomic mass is 16.5. The van der Waals surface area contributed by atoms with Gasteiger partial charge in [-0.1, -0.05) is 158 Å². The number of likely N-dealkylation sites (tertiary alicyclic amines) is 1. The molecule has 1 heterocycles. The van der Waals surface area contributed by atoms with Crippen molar-refractivity contribution < 1.29 is 4.74 Å². The molecular formula is C49H87NO. The van der Waals surface area contributed by atoms with Gasteiger partial charge in [0.1, 0.15) is 0 Å². The van der Waals surface area contributed by atoms with Crippen LogP contribution in [0.4, 0.5) is 0 Å². The van der Waals surface area contributed by atoms with E-state index >= 15 is 0 Å². The molecule has 2 nitrogen and oxygen atoms in total. The average molecular weight is 706 g/mol. The van der Waals surface area contributed by atoms with Crippen LogP contribution in [-0.2, 0) is 4.74 Å². The summed E-state index contributed by atoms with van der Waals surface area (Å²) in [5.41, 5.74) is 0.360. The van der Waals surface area contributed by atoms with E-state index in [4.69, 9.17) is 4.74 Å². The van der Waals surface area contributed by atoms with Crippen LogP contribution in [0, 0.1) is 5.41 Å². The van der Waals surface area contributed by atoms with Gasteiger partial charge in [0.15, 0.2) is 0 Å². The van der Waals surface area contributed by atoms with Gasteiger partial charge in [-0.25, -0.2) is 0 Å². The lowest BCUT2D eigenvalue weighted by molar-refractivity contribution is -0.0882. The number of hydrogen-bond acceptors (Lipinski definition) is 2. The van der Waals surface area contributed by atoms with Crippen LogP contribution in [0.2, 0.25) is 0 Å². The Labute approximate surface area is 320 Å². The van der Waals surface area contributed by atoms with E-state index in [0.29, 0.717) is 11.5 Å². The molecule has 1 saturated carbocycles. The molecule has 0 radical (unpaired) electrons. The number of ether oxygens (including phenoxy) is 1. The van der Waals surface area contributed by atoms with E-state index in [0.717, 1.165) is 19.4 Å². The van der Waals surface area contributed by atoms with Gasteiger partial charge in [-0.05, 0) is 128 Å². The zero-order valence-corrected chi connectivity index (χ0v) is 34.7. The summed E-state index contributed by atoms with van der Waals surface area (Å²) in [5, 5.41) is 0. The average Bonchev–Trinajstić information content (AvgIpc) is 3.49. The van der Waals surface area contributed by atoms with E-state index in [-0.39, 0.29) is 5.60 Å². The molecule has 2 heteroatoms. The number of piperidine rings is 1. The number of likely N-dealkylation sites (N-methyl/N-ethyl adjacent to an activating group) is 1. The van der Waals surface area contributed by atoms with Crippen LogP contribution in [0.3, 0.4) is 0 Å². The predicted molar refractivity (Wildman–Crippen MR) is 229 cm³/mol. The van der Waals surface area contributed by atoms with E-state index in [1.807, 2.05) is 0 Å². The fourth-order valence-corrected chi connectivity index (χ4v) is 8.69. The summed E-state index contributed by atoms with van der Waals surface area (Å²) in [6.45, 7) is 11.2. The Kier molecular flexibility index (Phi) is 27.8. The van der Waals surface area contributed by atoms with Gasteiger partial charge in [-0.2, -0.15) is 0 Å². The highest BCUT2D eigenvalue weighted by Crippen LogP contribution is 2.53. The molecule has 1 aliphatic heterocycles. The van der Waals surface area contributed by atoms with Gasteiger partial charge in [-0.15, -0.1) is 6.58 Å². The maximum absolute atomic E-state index is 7.00. The Balaban J connectivity index is 1.67. The topological polar surface area (TPSA) is 12.5 Å². The van der Waals surface area contributed by atoms with Gasteiger partial charge in [0.25, 0.3) is 0 Å². The van der Waals surface area contributed by atoms with Crippen molar-refractivity contribution in [3.05, 3.63) is 61.3 Å². The molecule has 0 aromatic carbocycles. The first-order valence-corrected chi connectivity index (χ1v) is 22.7. The summed E-state index contributed by atoms with van der Waals surface area (Å²) in [4.78, 5) is 2.46. The monoisotopic (exact) mass is 706 g/mol. The molecule has 0 amide bonds. The Morgan fingerprint density at radius 3 is 1.49 bits per heavy atom. The van der Waals surface area contributed by atoms with Crippen LogP contribution < -0.4 is 0 Å². The van der Waals surface area contributed by atoms with Crippen LogP contribution >= 0.6 is 0 Å². The van der Waals surface area contributed by atoms with E-state index in [2.05, 4.69) is 87.1 Å². The highest BCUT2D eigenvalue weighted by molar-refractivity contribution is 5.09. The molecule has 0 aromatic rings. The first-order valence-electron chi connectivity index (χ1n) is 22.7. The number of hydrogen-bond donors (Lipinski definition) is 0. The summed E-state index contributed by atoms with van der Waals surface area (Å²) in [6.07, 6.45) is 62.5. The molecule has 2 rings (SSSR count). The summed E-state index contributed by atoms with van der Waals surface area (Å²) in [6, 6.07) is 0. The smallest absolute Gasteiger partial charge is 0.0869 e. The van der Waals surface area contributed by atoms with Gasteiger partial charge in [0, 0.05) is 6.54 Å². The second-order valence-corrected chi connectivity index (χ2v) is 16.8. The van der Waals surface area contributed by atoms with Crippen molar-refractivity contribution in [3.8, 4) is 0 Å². The number of nitrogens with zero attached hydrogens (tertiary/aromatic N) is 1. The summed E-state index contributed by atoms with van der Waals surface area (Å²) < 4.78 is 7.00. The van der Waals surface area contributed by atoms with Crippen LogP contribution in [0.5, 0.6) is 0 Å². The van der Waals surface area contributed by atoms with E-state index in [1.165, 1.54) is 193 Å². The third-order valence-corrected chi connectivity index (χ3v) is 11.9. The third kappa shape index (κ3) is 23.1. The SMILES string of the molecule is C=CC1(OC2CCCN(C)C2)CCC(CCCCCCCCC=CCC=CCCCCC)(CCCCCCCCC=CCC=CCCCCC)C1. The molecule has 294 valence electrons. The van der Waals surface area contributed by atoms with Crippen molar-refractivity contribution in [3.63, 3.8) is 0 Å². The van der Waals surface area contributed by atoms with Crippen molar-refractivity contribution in [2.75, 3.05) is 20.1 Å². The maximum atomic E-state index is 7.00. The molecule has 0 bridgehead atoms. The lowest BCUT2D eigenvalue weighted by atomic mass is 9.75. The first kappa shape index (κ1) is 45.8. The summed E-state index contributed by atoms with van der Waals surface area (Å²) in [5.74, 6) is 0. The molecule has 2 aliphatic rings. The van der Waals surface area contributed by atoms with E-state index in [1.54, 1.807) is 0 Å². The maximum Gasteiger partial charge on any atom is 0.0869 e. The number of unbranched alkanes of at least 4 members (excludes halogenated alkanes) is 18. The minimum absolute atomic E-state index is 0.0976. The van der Waals surface area contributed by atoms with Crippen LogP contribution in [0.25, 0.3) is 0 Å². The molecule has 0 spiro atoms. The van der Waals surface area contributed by atoms with Crippen LogP contribution in [0.15, 0.2) is 61.3 Å². The quantitative estimate of drug-likeness (QED) is 0.0498.